The fourth-order valence-electron chi connectivity index (χ4n) is 12.0. The number of benzene rings is 9. The smallest absolute Gasteiger partial charge is 0.132 e. The van der Waals surface area contributed by atoms with Crippen molar-refractivity contribution in [1.82, 2.24) is 0 Å². The molecule has 0 saturated heterocycles. The Balaban J connectivity index is 1.13. The Morgan fingerprint density at radius 2 is 0.902 bits per heavy atom. The number of ether oxygens (including phenoxy) is 1. The molecule has 0 amide bonds. The molecule has 1 unspecified atom stereocenters. The van der Waals surface area contributed by atoms with Gasteiger partial charge in [0.15, 0.2) is 0 Å². The molecule has 0 bridgehead atoms. The van der Waals surface area contributed by atoms with Gasteiger partial charge in [0, 0.05) is 38.9 Å². The van der Waals surface area contributed by atoms with Crippen LogP contribution in [0.25, 0.3) is 44.2 Å². The molecule has 9 aromatic rings. The zero-order chi connectivity index (χ0) is 40.8. The van der Waals surface area contributed by atoms with Gasteiger partial charge in [-0.3, -0.25) is 0 Å². The second kappa shape index (κ2) is 12.0. The monoisotopic (exact) mass is 781 g/mol. The standard InChI is InChI=1S/C59H43NO/c1-57(2)45-21-10-7-18-40(45)42-31-29-37(34-50(42)57)60(38-30-32-43-41-19-8-11-22-46(41)58(3,4)51(43)35-38)52-26-15-25-49-55(52)44-20-9-12-23-47(44)59(49)48-24-13-14-27-53(48)61-54-33-28-36-16-5-6-17-39(36)56(54)59/h5-35H,1-4H3. The Hall–Kier alpha value is -7.16. The van der Waals surface area contributed by atoms with Gasteiger partial charge in [0.05, 0.1) is 11.1 Å². The molecule has 1 spiro atoms. The van der Waals surface area contributed by atoms with E-state index in [9.17, 15) is 0 Å². The number of hydrogen-bond donors (Lipinski definition) is 0. The van der Waals surface area contributed by atoms with E-state index < -0.39 is 5.41 Å². The van der Waals surface area contributed by atoms with Crippen LogP contribution in [0.3, 0.4) is 0 Å². The molecule has 290 valence electrons. The third-order valence-electron chi connectivity index (χ3n) is 14.7. The van der Waals surface area contributed by atoms with Crippen LogP contribution in [0.5, 0.6) is 11.5 Å². The molecule has 9 aromatic carbocycles. The van der Waals surface area contributed by atoms with Crippen LogP contribution in [0.15, 0.2) is 188 Å². The van der Waals surface area contributed by atoms with Crippen LogP contribution in [0, 0.1) is 0 Å². The van der Waals surface area contributed by atoms with Crippen molar-refractivity contribution in [1.29, 1.82) is 0 Å². The summed E-state index contributed by atoms with van der Waals surface area (Å²) >= 11 is 0. The minimum Gasteiger partial charge on any atom is -0.457 e. The molecule has 0 aromatic heterocycles. The number of fused-ring (bicyclic) bond motifs is 17. The summed E-state index contributed by atoms with van der Waals surface area (Å²) < 4.78 is 6.89. The number of rotatable bonds is 3. The first-order chi connectivity index (χ1) is 29.8. The maximum atomic E-state index is 6.89. The molecule has 2 heteroatoms. The lowest BCUT2D eigenvalue weighted by Crippen LogP contribution is -2.32. The summed E-state index contributed by atoms with van der Waals surface area (Å²) in [5, 5.41) is 2.41. The fraction of sp³-hybridized carbons (Fsp3) is 0.119. The molecule has 0 radical (unpaired) electrons. The Bertz CT molecular complexity index is 3260. The molecule has 2 nitrogen and oxygen atoms in total. The van der Waals surface area contributed by atoms with E-state index in [4.69, 9.17) is 4.74 Å². The molecule has 61 heavy (non-hydrogen) atoms. The lowest BCUT2D eigenvalue weighted by atomic mass is 9.65. The summed E-state index contributed by atoms with van der Waals surface area (Å²) in [7, 11) is 0. The zero-order valence-electron chi connectivity index (χ0n) is 34.8. The zero-order valence-corrected chi connectivity index (χ0v) is 34.8. The number of anilines is 3. The normalized spacial score (nSPS) is 17.3. The highest BCUT2D eigenvalue weighted by Gasteiger charge is 2.53. The van der Waals surface area contributed by atoms with Crippen molar-refractivity contribution in [3.05, 3.63) is 233 Å². The summed E-state index contributed by atoms with van der Waals surface area (Å²) in [6.45, 7) is 9.52. The van der Waals surface area contributed by atoms with E-state index in [1.807, 2.05) is 0 Å². The summed E-state index contributed by atoms with van der Waals surface area (Å²) in [5.41, 5.74) is 20.7. The molecule has 1 heterocycles. The molecule has 0 fully saturated rings. The van der Waals surface area contributed by atoms with E-state index in [0.717, 1.165) is 28.6 Å². The molecule has 1 atom stereocenters. The van der Waals surface area contributed by atoms with Gasteiger partial charge in [-0.15, -0.1) is 0 Å². The van der Waals surface area contributed by atoms with Gasteiger partial charge in [-0.05, 0) is 114 Å². The van der Waals surface area contributed by atoms with Gasteiger partial charge >= 0.3 is 0 Å². The van der Waals surface area contributed by atoms with E-state index in [2.05, 4.69) is 221 Å². The maximum absolute atomic E-state index is 6.89. The predicted octanol–water partition coefficient (Wildman–Crippen LogP) is 15.4. The van der Waals surface area contributed by atoms with E-state index >= 15 is 0 Å². The molecular weight excluding hydrogens is 739 g/mol. The van der Waals surface area contributed by atoms with Gasteiger partial charge in [0.1, 0.15) is 11.5 Å². The highest BCUT2D eigenvalue weighted by Crippen LogP contribution is 2.65. The first-order valence-corrected chi connectivity index (χ1v) is 21.6. The van der Waals surface area contributed by atoms with Crippen LogP contribution in [-0.4, -0.2) is 0 Å². The Morgan fingerprint density at radius 1 is 0.377 bits per heavy atom. The van der Waals surface area contributed by atoms with Crippen molar-refractivity contribution in [2.45, 2.75) is 43.9 Å². The van der Waals surface area contributed by atoms with Crippen molar-refractivity contribution < 1.29 is 4.74 Å². The summed E-state index contributed by atoms with van der Waals surface area (Å²) in [4.78, 5) is 2.56. The molecular formula is C59H43NO. The minimum absolute atomic E-state index is 0.152. The molecule has 3 aliphatic carbocycles. The average molecular weight is 782 g/mol. The van der Waals surface area contributed by atoms with Gasteiger partial charge in [0.2, 0.25) is 0 Å². The topological polar surface area (TPSA) is 12.5 Å². The van der Waals surface area contributed by atoms with Crippen LogP contribution in [0.4, 0.5) is 17.1 Å². The Morgan fingerprint density at radius 3 is 1.57 bits per heavy atom. The molecule has 13 rings (SSSR count). The van der Waals surface area contributed by atoms with Gasteiger partial charge in [-0.25, -0.2) is 0 Å². The van der Waals surface area contributed by atoms with Crippen molar-refractivity contribution in [2.24, 2.45) is 0 Å². The van der Waals surface area contributed by atoms with Crippen molar-refractivity contribution in [2.75, 3.05) is 4.90 Å². The van der Waals surface area contributed by atoms with Crippen LogP contribution in [-0.2, 0) is 16.2 Å². The SMILES string of the molecule is CC1(C)c2ccccc2-c2ccc(N(c3ccc4c(c3)C(C)(C)c3ccccc3-4)c3cccc4c3-c3ccccc3C43c4ccccc4Oc4ccc5ccccc5c43)cc21. The first kappa shape index (κ1) is 34.7. The maximum Gasteiger partial charge on any atom is 0.132 e. The first-order valence-electron chi connectivity index (χ1n) is 21.6. The van der Waals surface area contributed by atoms with Crippen LogP contribution in [0.2, 0.25) is 0 Å². The van der Waals surface area contributed by atoms with Crippen molar-refractivity contribution in [3.8, 4) is 44.9 Å². The largest absolute Gasteiger partial charge is 0.457 e. The molecule has 0 N–H and O–H groups in total. The van der Waals surface area contributed by atoms with E-state index in [1.165, 1.54) is 88.7 Å². The van der Waals surface area contributed by atoms with Gasteiger partial charge in [-0.2, -0.15) is 0 Å². The summed E-state index contributed by atoms with van der Waals surface area (Å²) in [6, 6.07) is 70.3. The van der Waals surface area contributed by atoms with E-state index in [-0.39, 0.29) is 10.8 Å². The van der Waals surface area contributed by atoms with Crippen LogP contribution < -0.4 is 9.64 Å². The predicted molar refractivity (Wildman–Crippen MR) is 251 cm³/mol. The molecule has 1 aliphatic heterocycles. The summed E-state index contributed by atoms with van der Waals surface area (Å²) in [6.07, 6.45) is 0. The van der Waals surface area contributed by atoms with Gasteiger partial charge in [-0.1, -0.05) is 173 Å². The van der Waals surface area contributed by atoms with Gasteiger partial charge < -0.3 is 9.64 Å². The lowest BCUT2D eigenvalue weighted by Gasteiger charge is -2.40. The van der Waals surface area contributed by atoms with Crippen molar-refractivity contribution in [3.63, 3.8) is 0 Å². The fourth-order valence-corrected chi connectivity index (χ4v) is 12.0. The van der Waals surface area contributed by atoms with Gasteiger partial charge in [0.25, 0.3) is 0 Å². The highest BCUT2D eigenvalue weighted by atomic mass is 16.5. The Kier molecular flexibility index (Phi) is 6.81. The third-order valence-corrected chi connectivity index (χ3v) is 14.7. The second-order valence-electron chi connectivity index (χ2n) is 18.4. The quantitative estimate of drug-likeness (QED) is 0.177. The lowest BCUT2D eigenvalue weighted by molar-refractivity contribution is 0.438. The van der Waals surface area contributed by atoms with Crippen LogP contribution >= 0.6 is 0 Å². The average Bonchev–Trinajstić information content (AvgIpc) is 3.81. The van der Waals surface area contributed by atoms with Crippen molar-refractivity contribution >= 4 is 27.8 Å². The Labute approximate surface area is 357 Å². The molecule has 4 aliphatic rings. The van der Waals surface area contributed by atoms with Crippen LogP contribution in [0.1, 0.15) is 72.2 Å². The number of para-hydroxylation sites is 1. The van der Waals surface area contributed by atoms with E-state index in [1.54, 1.807) is 0 Å². The number of nitrogens with zero attached hydrogens (tertiary/aromatic N) is 1. The second-order valence-corrected chi connectivity index (χ2v) is 18.4. The number of hydrogen-bond acceptors (Lipinski definition) is 2. The highest BCUT2D eigenvalue weighted by molar-refractivity contribution is 6.02. The summed E-state index contributed by atoms with van der Waals surface area (Å²) in [5.74, 6) is 1.80. The van der Waals surface area contributed by atoms with E-state index in [0.29, 0.717) is 0 Å². The third kappa shape index (κ3) is 4.37. The molecule has 0 saturated carbocycles. The minimum atomic E-state index is -0.623.